The number of esters is 1. The van der Waals surface area contributed by atoms with Crippen LogP contribution >= 0.6 is 0 Å². The number of rotatable bonds is 9. The third kappa shape index (κ3) is 10.2. The number of pyridine rings is 1. The molecule has 6 heterocycles. The highest BCUT2D eigenvalue weighted by Gasteiger charge is 2.42. The first-order valence-corrected chi connectivity index (χ1v) is 24.0. The number of amides is 6. The van der Waals surface area contributed by atoms with Crippen molar-refractivity contribution in [3.8, 4) is 28.1 Å². The second-order valence-electron chi connectivity index (χ2n) is 19.9. The number of ether oxygens (including phenoxy) is 2. The van der Waals surface area contributed by atoms with E-state index in [1.165, 1.54) is 21.9 Å². The van der Waals surface area contributed by atoms with E-state index in [0.717, 1.165) is 43.9 Å². The Morgan fingerprint density at radius 1 is 1.04 bits per heavy atom. The zero-order valence-corrected chi connectivity index (χ0v) is 40.8. The Hall–Kier alpha value is -6.37. The van der Waals surface area contributed by atoms with E-state index in [4.69, 9.17) is 14.5 Å². The van der Waals surface area contributed by atoms with Crippen LogP contribution in [0, 0.1) is 11.3 Å². The minimum Gasteiger partial charge on any atom is -0.508 e. The van der Waals surface area contributed by atoms with Crippen LogP contribution in [0.5, 0.6) is 5.75 Å². The molecule has 4 aromatic rings. The lowest BCUT2D eigenvalue weighted by Gasteiger charge is -2.39. The van der Waals surface area contributed by atoms with Crippen molar-refractivity contribution < 1.29 is 43.3 Å². The summed E-state index contributed by atoms with van der Waals surface area (Å²) in [5.41, 5.74) is 9.32. The number of phenols is 1. The summed E-state index contributed by atoms with van der Waals surface area (Å²) in [6.07, 6.45) is 2.82. The maximum Gasteiger partial charge on any atom is 0.327 e. The zero-order chi connectivity index (χ0) is 49.5. The number of fused-ring (bicyclic) bond motifs is 6. The van der Waals surface area contributed by atoms with Gasteiger partial charge in [0.25, 0.3) is 5.91 Å². The standard InChI is InChI=1S/C51H65N9O9/c1-9-58-41-15-14-32-24-36(41)37(45(58)35-12-10-16-52-43(35)30(4)68-8)25-51(5,6)28-69-49(66)38-13-11-17-60(55-38)48(65)39(22-31-20-33(32)23-34(61)21-31)54-46(63)44(29(2)3)56(7)50(67)59-19-18-57(27-42(59)62)47(64)40-26-53-40/h10,12,14-16,20-21,23-24,29-30,38-40,44,53,55,61H,9,11,13,17-19,22,25-28H2,1-8H3,(H,54,63)/t30-,38-,39-,40+,44?/m0/s1. The third-order valence-electron chi connectivity index (χ3n) is 13.8. The molecule has 1 unspecified atom stereocenters. The van der Waals surface area contributed by atoms with Gasteiger partial charge in [0.15, 0.2) is 0 Å². The zero-order valence-electron chi connectivity index (χ0n) is 40.8. The van der Waals surface area contributed by atoms with E-state index in [2.05, 4.69) is 59.6 Å². The molecule has 0 spiro atoms. The van der Waals surface area contributed by atoms with Gasteiger partial charge >= 0.3 is 12.0 Å². The van der Waals surface area contributed by atoms with Crippen LogP contribution in [0.2, 0.25) is 0 Å². The Morgan fingerprint density at radius 3 is 2.51 bits per heavy atom. The van der Waals surface area contributed by atoms with E-state index in [9.17, 15) is 33.9 Å². The Morgan fingerprint density at radius 2 is 1.81 bits per heavy atom. The number of imide groups is 1. The van der Waals surface area contributed by atoms with E-state index >= 15 is 0 Å². The van der Waals surface area contributed by atoms with Gasteiger partial charge in [0.1, 0.15) is 30.4 Å². The summed E-state index contributed by atoms with van der Waals surface area (Å²) in [5, 5.41) is 19.6. The van der Waals surface area contributed by atoms with Crippen molar-refractivity contribution in [1.29, 1.82) is 0 Å². The van der Waals surface area contributed by atoms with Crippen LogP contribution < -0.4 is 16.1 Å². The van der Waals surface area contributed by atoms with Crippen LogP contribution in [0.3, 0.4) is 0 Å². The largest absolute Gasteiger partial charge is 0.508 e. The summed E-state index contributed by atoms with van der Waals surface area (Å²) in [7, 11) is 3.11. The van der Waals surface area contributed by atoms with Gasteiger partial charge in [-0.05, 0) is 97.7 Å². The lowest BCUT2D eigenvalue weighted by molar-refractivity contribution is -0.155. The van der Waals surface area contributed by atoms with Crippen molar-refractivity contribution in [2.45, 2.75) is 104 Å². The normalized spacial score (nSPS) is 21.7. The fourth-order valence-electron chi connectivity index (χ4n) is 10.1. The monoisotopic (exact) mass is 947 g/mol. The van der Waals surface area contributed by atoms with Gasteiger partial charge < -0.3 is 39.6 Å². The lowest BCUT2D eigenvalue weighted by atomic mass is 9.84. The molecule has 2 aromatic heterocycles. The predicted molar refractivity (Wildman–Crippen MR) is 257 cm³/mol. The van der Waals surface area contributed by atoms with Gasteiger partial charge in [-0.1, -0.05) is 39.8 Å². The Labute approximate surface area is 402 Å². The van der Waals surface area contributed by atoms with Gasteiger partial charge in [-0.15, -0.1) is 0 Å². The highest BCUT2D eigenvalue weighted by atomic mass is 16.5. The number of methoxy groups -OCH3 is 1. The molecule has 18 nitrogen and oxygen atoms in total. The van der Waals surface area contributed by atoms with E-state index in [1.54, 1.807) is 39.3 Å². The molecule has 3 saturated heterocycles. The number of likely N-dealkylation sites (N-methyl/N-ethyl adjacent to an activating group) is 1. The van der Waals surface area contributed by atoms with Crippen molar-refractivity contribution in [2.24, 2.45) is 11.3 Å². The smallest absolute Gasteiger partial charge is 0.327 e. The summed E-state index contributed by atoms with van der Waals surface area (Å²) in [6.45, 7) is 13.1. The lowest BCUT2D eigenvalue weighted by Crippen LogP contribution is -2.63. The van der Waals surface area contributed by atoms with Crippen molar-refractivity contribution in [2.75, 3.05) is 53.5 Å². The number of urea groups is 1. The summed E-state index contributed by atoms with van der Waals surface area (Å²) >= 11 is 0. The Balaban J connectivity index is 1.17. The number of hydrazine groups is 1. The van der Waals surface area contributed by atoms with Gasteiger partial charge in [0, 0.05) is 81.4 Å². The molecule has 5 atom stereocenters. The number of phenolic OH excluding ortho intramolecular Hbond substituents is 1. The first kappa shape index (κ1) is 49.1. The van der Waals surface area contributed by atoms with Crippen molar-refractivity contribution in [3.63, 3.8) is 0 Å². The molecule has 4 aliphatic heterocycles. The molecule has 18 heteroatoms. The number of piperazine rings is 1. The van der Waals surface area contributed by atoms with Gasteiger partial charge in [-0.25, -0.2) is 10.2 Å². The average Bonchev–Trinajstić information content (AvgIpc) is 4.14. The quantitative estimate of drug-likeness (QED) is 0.137. The summed E-state index contributed by atoms with van der Waals surface area (Å²) in [5.74, 6) is -2.92. The minimum absolute atomic E-state index is 0.0332. The highest BCUT2D eigenvalue weighted by Crippen LogP contribution is 2.42. The number of nitrogens with zero attached hydrogens (tertiary/aromatic N) is 6. The first-order valence-electron chi connectivity index (χ1n) is 24.0. The fourth-order valence-corrected chi connectivity index (χ4v) is 10.1. The molecule has 69 heavy (non-hydrogen) atoms. The predicted octanol–water partition coefficient (Wildman–Crippen LogP) is 4.17. The van der Waals surface area contributed by atoms with Gasteiger partial charge in [-0.3, -0.25) is 38.9 Å². The molecule has 368 valence electrons. The van der Waals surface area contributed by atoms with Crippen molar-refractivity contribution in [1.82, 2.24) is 45.3 Å². The van der Waals surface area contributed by atoms with E-state index in [-0.39, 0.29) is 63.0 Å². The Bertz CT molecular complexity index is 2660. The van der Waals surface area contributed by atoms with Crippen LogP contribution in [0.25, 0.3) is 33.3 Å². The fraction of sp³-hybridized carbons (Fsp3) is 0.510. The van der Waals surface area contributed by atoms with E-state index in [1.807, 2.05) is 25.1 Å². The number of nitrogens with one attached hydrogen (secondary N) is 3. The molecular formula is C51H65N9O9. The van der Waals surface area contributed by atoms with Crippen LogP contribution in [0.1, 0.15) is 77.3 Å². The molecule has 0 radical (unpaired) electrons. The molecule has 0 aliphatic carbocycles. The third-order valence-corrected chi connectivity index (χ3v) is 13.8. The first-order chi connectivity index (χ1) is 32.9. The van der Waals surface area contributed by atoms with Crippen LogP contribution in [-0.4, -0.2) is 148 Å². The average molecular weight is 948 g/mol. The Kier molecular flexibility index (Phi) is 14.2. The van der Waals surface area contributed by atoms with Crippen LogP contribution in [-0.2, 0) is 52.8 Å². The van der Waals surface area contributed by atoms with Gasteiger partial charge in [-0.2, -0.15) is 0 Å². The summed E-state index contributed by atoms with van der Waals surface area (Å²) < 4.78 is 14.2. The molecule has 4 N–H and O–H groups in total. The second-order valence-corrected chi connectivity index (χ2v) is 19.9. The molecule has 3 fully saturated rings. The van der Waals surface area contributed by atoms with E-state index in [0.29, 0.717) is 43.5 Å². The molecule has 6 bridgehead atoms. The van der Waals surface area contributed by atoms with Crippen molar-refractivity contribution in [3.05, 3.63) is 71.5 Å². The molecular weight excluding hydrogens is 883 g/mol. The molecule has 8 rings (SSSR count). The molecule has 0 saturated carbocycles. The number of cyclic esters (lactones) is 1. The van der Waals surface area contributed by atoms with Crippen molar-refractivity contribution >= 4 is 46.5 Å². The van der Waals surface area contributed by atoms with E-state index < -0.39 is 59.2 Å². The topological polar surface area (TPSA) is 218 Å². The number of aromatic hydroxyl groups is 1. The summed E-state index contributed by atoms with van der Waals surface area (Å²) in [6, 6.07) is 11.1. The second kappa shape index (κ2) is 19.9. The SMILES string of the molecule is CCn1c(-c2cccnc2[C@H](C)OC)c2c3cc(ccc31)-c1cc(O)cc(c1)C[C@H](NC(=O)C(C(C)C)N(C)C(=O)N1CCN(C(=O)[C@H]3CN3)CC1=O)C(=O)N1CCC[C@H](N1)C(=O)OCC(C)(C)C2. The summed E-state index contributed by atoms with van der Waals surface area (Å²) in [4.78, 5) is 91.7. The number of benzene rings is 2. The number of hydrogen-bond acceptors (Lipinski definition) is 12. The minimum atomic E-state index is -1.23. The maximum atomic E-state index is 14.8. The molecule has 4 aliphatic rings. The molecule has 2 aromatic carbocycles. The maximum absolute atomic E-state index is 14.8. The number of aromatic nitrogens is 2. The number of aryl methyl sites for hydroxylation is 1. The van der Waals surface area contributed by atoms with Gasteiger partial charge in [0.05, 0.1) is 30.1 Å². The number of carbonyl (C=O) groups is 6. The van der Waals surface area contributed by atoms with Crippen LogP contribution in [0.15, 0.2) is 54.7 Å². The number of carbonyl (C=O) groups excluding carboxylic acids is 6. The van der Waals surface area contributed by atoms with Crippen LogP contribution in [0.4, 0.5) is 4.79 Å². The van der Waals surface area contributed by atoms with Gasteiger partial charge in [0.2, 0.25) is 17.7 Å². The number of hydrogen-bond donors (Lipinski definition) is 4. The highest BCUT2D eigenvalue weighted by molar-refractivity contribution is 6.00. The molecule has 6 amide bonds.